The standard InChI is InChI=1S/C21H20N2O3/c1-15(24)23-19-9-6-17(7-10-19)21(25)22-12-13-26-20-11-8-16-4-2-3-5-18(16)14-20/h2-11,14H,12-13H2,1H3,(H,22,25)(H,23,24). The number of rotatable bonds is 6. The van der Waals surface area contributed by atoms with Gasteiger partial charge in [-0.15, -0.1) is 0 Å². The minimum atomic E-state index is -0.179. The van der Waals surface area contributed by atoms with Crippen molar-refractivity contribution in [1.29, 1.82) is 0 Å². The number of benzene rings is 3. The number of anilines is 1. The van der Waals surface area contributed by atoms with Crippen LogP contribution in [0, 0.1) is 0 Å². The van der Waals surface area contributed by atoms with Crippen LogP contribution >= 0.6 is 0 Å². The van der Waals surface area contributed by atoms with E-state index in [1.807, 2.05) is 36.4 Å². The summed E-state index contributed by atoms with van der Waals surface area (Å²) in [5.74, 6) is 0.451. The summed E-state index contributed by atoms with van der Waals surface area (Å²) in [4.78, 5) is 23.1. The Labute approximate surface area is 152 Å². The first kappa shape index (κ1) is 17.5. The van der Waals surface area contributed by atoms with E-state index in [0.29, 0.717) is 24.4 Å². The van der Waals surface area contributed by atoms with Gasteiger partial charge in [-0.1, -0.05) is 30.3 Å². The monoisotopic (exact) mass is 348 g/mol. The summed E-state index contributed by atoms with van der Waals surface area (Å²) in [6.45, 7) is 2.23. The lowest BCUT2D eigenvalue weighted by Crippen LogP contribution is -2.28. The Morgan fingerprint density at radius 3 is 2.38 bits per heavy atom. The Hall–Kier alpha value is -3.34. The number of carbonyl (C=O) groups is 2. The molecule has 0 unspecified atom stereocenters. The molecule has 0 aromatic heterocycles. The molecule has 5 nitrogen and oxygen atoms in total. The van der Waals surface area contributed by atoms with Crippen molar-refractivity contribution in [2.75, 3.05) is 18.5 Å². The van der Waals surface area contributed by atoms with Crippen molar-refractivity contribution in [3.05, 3.63) is 72.3 Å². The predicted octanol–water partition coefficient (Wildman–Crippen LogP) is 3.61. The molecule has 0 fully saturated rings. The van der Waals surface area contributed by atoms with E-state index in [0.717, 1.165) is 16.5 Å². The number of hydrogen-bond donors (Lipinski definition) is 2. The van der Waals surface area contributed by atoms with Crippen LogP contribution in [0.25, 0.3) is 10.8 Å². The Morgan fingerprint density at radius 1 is 0.923 bits per heavy atom. The van der Waals surface area contributed by atoms with Crippen molar-refractivity contribution >= 4 is 28.3 Å². The fourth-order valence-electron chi connectivity index (χ4n) is 2.60. The Bertz CT molecular complexity index is 920. The maximum Gasteiger partial charge on any atom is 0.251 e. The molecule has 5 heteroatoms. The molecule has 2 N–H and O–H groups in total. The van der Waals surface area contributed by atoms with Gasteiger partial charge in [0, 0.05) is 18.2 Å². The molecule has 2 amide bonds. The quantitative estimate of drug-likeness (QED) is 0.669. The molecular formula is C21H20N2O3. The van der Waals surface area contributed by atoms with E-state index >= 15 is 0 Å². The van der Waals surface area contributed by atoms with E-state index in [4.69, 9.17) is 4.74 Å². The van der Waals surface area contributed by atoms with Crippen molar-refractivity contribution in [1.82, 2.24) is 5.32 Å². The average molecular weight is 348 g/mol. The molecule has 3 aromatic rings. The second-order valence-corrected chi connectivity index (χ2v) is 5.87. The van der Waals surface area contributed by atoms with Crippen molar-refractivity contribution in [3.8, 4) is 5.75 Å². The molecule has 3 rings (SSSR count). The van der Waals surface area contributed by atoms with Gasteiger partial charge >= 0.3 is 0 Å². The van der Waals surface area contributed by atoms with Crippen LogP contribution in [-0.2, 0) is 4.79 Å². The van der Waals surface area contributed by atoms with Gasteiger partial charge in [-0.25, -0.2) is 0 Å². The van der Waals surface area contributed by atoms with Gasteiger partial charge in [0.2, 0.25) is 5.91 Å². The van der Waals surface area contributed by atoms with Crippen LogP contribution in [0.15, 0.2) is 66.7 Å². The molecule has 26 heavy (non-hydrogen) atoms. The summed E-state index contributed by atoms with van der Waals surface area (Å²) in [6, 6.07) is 20.7. The van der Waals surface area contributed by atoms with E-state index in [-0.39, 0.29) is 11.8 Å². The minimum Gasteiger partial charge on any atom is -0.492 e. The number of carbonyl (C=O) groups excluding carboxylic acids is 2. The summed E-state index contributed by atoms with van der Waals surface area (Å²) >= 11 is 0. The molecule has 132 valence electrons. The van der Waals surface area contributed by atoms with Crippen LogP contribution in [0.4, 0.5) is 5.69 Å². The van der Waals surface area contributed by atoms with E-state index in [1.165, 1.54) is 6.92 Å². The van der Waals surface area contributed by atoms with Crippen LogP contribution in [0.5, 0.6) is 5.75 Å². The van der Waals surface area contributed by atoms with Crippen LogP contribution in [0.2, 0.25) is 0 Å². The summed E-state index contributed by atoms with van der Waals surface area (Å²) in [5, 5.41) is 7.76. The minimum absolute atomic E-state index is 0.145. The van der Waals surface area contributed by atoms with Gasteiger partial charge in [0.15, 0.2) is 0 Å². The number of fused-ring (bicyclic) bond motifs is 1. The lowest BCUT2D eigenvalue weighted by molar-refractivity contribution is -0.114. The molecule has 0 bridgehead atoms. The highest BCUT2D eigenvalue weighted by molar-refractivity contribution is 5.95. The number of nitrogens with one attached hydrogen (secondary N) is 2. The molecule has 0 aliphatic heterocycles. The third kappa shape index (κ3) is 4.60. The van der Waals surface area contributed by atoms with Crippen molar-refractivity contribution < 1.29 is 14.3 Å². The molecule has 0 saturated heterocycles. The molecule has 0 heterocycles. The lowest BCUT2D eigenvalue weighted by Gasteiger charge is -2.09. The van der Waals surface area contributed by atoms with E-state index < -0.39 is 0 Å². The number of hydrogen-bond acceptors (Lipinski definition) is 3. The lowest BCUT2D eigenvalue weighted by atomic mass is 10.1. The van der Waals surface area contributed by atoms with Crippen LogP contribution in [0.3, 0.4) is 0 Å². The van der Waals surface area contributed by atoms with Gasteiger partial charge in [-0.05, 0) is 47.2 Å². The normalized spacial score (nSPS) is 10.3. The van der Waals surface area contributed by atoms with Crippen LogP contribution in [-0.4, -0.2) is 25.0 Å². The summed E-state index contributed by atoms with van der Waals surface area (Å²) in [5.41, 5.74) is 1.19. The molecule has 0 radical (unpaired) electrons. The second kappa shape index (κ2) is 8.16. The predicted molar refractivity (Wildman–Crippen MR) is 103 cm³/mol. The third-order valence-electron chi connectivity index (χ3n) is 3.84. The highest BCUT2D eigenvalue weighted by Gasteiger charge is 2.05. The molecule has 3 aromatic carbocycles. The largest absolute Gasteiger partial charge is 0.492 e. The highest BCUT2D eigenvalue weighted by atomic mass is 16.5. The number of ether oxygens (including phenoxy) is 1. The summed E-state index contributed by atoms with van der Waals surface area (Å²) < 4.78 is 5.70. The highest BCUT2D eigenvalue weighted by Crippen LogP contribution is 2.20. The topological polar surface area (TPSA) is 67.4 Å². The maximum absolute atomic E-state index is 12.1. The summed E-state index contributed by atoms with van der Waals surface area (Å²) in [7, 11) is 0. The third-order valence-corrected chi connectivity index (χ3v) is 3.84. The van der Waals surface area contributed by atoms with E-state index in [2.05, 4.69) is 16.7 Å². The molecular weight excluding hydrogens is 328 g/mol. The Kier molecular flexibility index (Phi) is 5.49. The smallest absolute Gasteiger partial charge is 0.251 e. The molecule has 0 aliphatic rings. The zero-order valence-electron chi connectivity index (χ0n) is 14.5. The van der Waals surface area contributed by atoms with Crippen LogP contribution in [0.1, 0.15) is 17.3 Å². The number of amides is 2. The van der Waals surface area contributed by atoms with E-state index in [1.54, 1.807) is 24.3 Å². The zero-order valence-corrected chi connectivity index (χ0v) is 14.5. The first-order valence-electron chi connectivity index (χ1n) is 8.39. The fraction of sp³-hybridized carbons (Fsp3) is 0.143. The van der Waals surface area contributed by atoms with Gasteiger partial charge < -0.3 is 15.4 Å². The molecule has 0 spiro atoms. The van der Waals surface area contributed by atoms with Gasteiger partial charge in [0.1, 0.15) is 12.4 Å². The van der Waals surface area contributed by atoms with Gasteiger partial charge in [-0.3, -0.25) is 9.59 Å². The molecule has 0 saturated carbocycles. The Morgan fingerprint density at radius 2 is 1.65 bits per heavy atom. The first-order valence-corrected chi connectivity index (χ1v) is 8.39. The molecule has 0 atom stereocenters. The van der Waals surface area contributed by atoms with Gasteiger partial charge in [-0.2, -0.15) is 0 Å². The first-order chi connectivity index (χ1) is 12.6. The fourth-order valence-corrected chi connectivity index (χ4v) is 2.60. The van der Waals surface area contributed by atoms with Gasteiger partial charge in [0.05, 0.1) is 6.54 Å². The van der Waals surface area contributed by atoms with Crippen molar-refractivity contribution in [2.45, 2.75) is 6.92 Å². The Balaban J connectivity index is 1.47. The molecule has 0 aliphatic carbocycles. The van der Waals surface area contributed by atoms with Crippen LogP contribution < -0.4 is 15.4 Å². The SMILES string of the molecule is CC(=O)Nc1ccc(C(=O)NCCOc2ccc3ccccc3c2)cc1. The van der Waals surface area contributed by atoms with Crippen molar-refractivity contribution in [2.24, 2.45) is 0 Å². The zero-order chi connectivity index (χ0) is 18.4. The van der Waals surface area contributed by atoms with Crippen molar-refractivity contribution in [3.63, 3.8) is 0 Å². The van der Waals surface area contributed by atoms with E-state index in [9.17, 15) is 9.59 Å². The average Bonchev–Trinajstić information content (AvgIpc) is 2.65. The maximum atomic E-state index is 12.1. The van der Waals surface area contributed by atoms with Gasteiger partial charge in [0.25, 0.3) is 5.91 Å². The second-order valence-electron chi connectivity index (χ2n) is 5.87. The summed E-state index contributed by atoms with van der Waals surface area (Å²) in [6.07, 6.45) is 0.